The Morgan fingerprint density at radius 3 is 1.47 bits per heavy atom. The van der Waals surface area contributed by atoms with E-state index in [0.29, 0.717) is 52.3 Å². The highest BCUT2D eigenvalue weighted by atomic mass is 16.6. The maximum atomic E-state index is 13.0. The Hall–Kier alpha value is -0.690. The van der Waals surface area contributed by atoms with Crippen molar-refractivity contribution in [1.29, 1.82) is 0 Å². The third-order valence-corrected chi connectivity index (χ3v) is 9.40. The molecule has 0 aromatic rings. The number of Topliss-reactive ketones (excluding diaryl/α,β-unsaturated/α-hetero) is 1. The molecular weight excluding hydrogens is 676 g/mol. The summed E-state index contributed by atoms with van der Waals surface area (Å²) in [5, 5.41) is 0. The van der Waals surface area contributed by atoms with Crippen molar-refractivity contribution in [3.8, 4) is 0 Å². The van der Waals surface area contributed by atoms with Crippen molar-refractivity contribution in [2.45, 2.75) is 228 Å². The quantitative estimate of drug-likeness (QED) is 0.0807. The van der Waals surface area contributed by atoms with Crippen LogP contribution < -0.4 is 0 Å². The summed E-state index contributed by atoms with van der Waals surface area (Å²) in [6.07, 6.45) is 1.35. The Kier molecular flexibility index (Phi) is 20.1. The van der Waals surface area contributed by atoms with E-state index in [1.165, 1.54) is 0 Å². The van der Waals surface area contributed by atoms with Crippen molar-refractivity contribution in [1.82, 2.24) is 0 Å². The average Bonchev–Trinajstić information content (AvgIpc) is 3.33. The molecule has 1 rings (SSSR count). The summed E-state index contributed by atoms with van der Waals surface area (Å²) in [6.45, 7) is 41.0. The number of hydrogen-bond acceptors (Lipinski definition) is 10. The summed E-state index contributed by atoms with van der Waals surface area (Å²) >= 11 is 0. The summed E-state index contributed by atoms with van der Waals surface area (Å²) in [5.74, 6) is 0.0661. The molecule has 1 saturated heterocycles. The Morgan fingerprint density at radius 1 is 0.585 bits per heavy atom. The van der Waals surface area contributed by atoms with Gasteiger partial charge in [0.1, 0.15) is 30.0 Å². The van der Waals surface area contributed by atoms with Gasteiger partial charge in [-0.3, -0.25) is 4.79 Å². The molecule has 10 nitrogen and oxygen atoms in total. The molecule has 0 amide bonds. The van der Waals surface area contributed by atoms with Crippen LogP contribution in [0.3, 0.4) is 0 Å². The molecule has 1 fully saturated rings. The fourth-order valence-corrected chi connectivity index (χ4v) is 6.25. The highest BCUT2D eigenvalue weighted by Crippen LogP contribution is 2.35. The van der Waals surface area contributed by atoms with Crippen LogP contribution in [0, 0.1) is 5.41 Å². The van der Waals surface area contributed by atoms with E-state index in [2.05, 4.69) is 41.5 Å². The van der Waals surface area contributed by atoms with E-state index in [-0.39, 0.29) is 36.8 Å². The van der Waals surface area contributed by atoms with Crippen LogP contribution in [-0.4, -0.2) is 116 Å². The second-order valence-corrected chi connectivity index (χ2v) is 19.7. The third-order valence-electron chi connectivity index (χ3n) is 9.40. The van der Waals surface area contributed by atoms with Crippen LogP contribution in [0.2, 0.25) is 0 Å². The zero-order valence-electron chi connectivity index (χ0n) is 37.7. The topological polar surface area (TPSA) is 100 Å². The second-order valence-electron chi connectivity index (χ2n) is 19.7. The second kappa shape index (κ2) is 21.2. The lowest BCUT2D eigenvalue weighted by molar-refractivity contribution is -0.211. The van der Waals surface area contributed by atoms with E-state index in [1.54, 1.807) is 0 Å². The summed E-state index contributed by atoms with van der Waals surface area (Å²) in [6, 6.07) is 0. The summed E-state index contributed by atoms with van der Waals surface area (Å²) < 4.78 is 58.0. The van der Waals surface area contributed by atoms with Crippen LogP contribution in [0.4, 0.5) is 0 Å². The molecule has 0 aliphatic carbocycles. The Bertz CT molecular complexity index is 1040. The van der Waals surface area contributed by atoms with Crippen LogP contribution in [0.5, 0.6) is 0 Å². The lowest BCUT2D eigenvalue weighted by atomic mass is 9.82. The van der Waals surface area contributed by atoms with Gasteiger partial charge in [0.25, 0.3) is 0 Å². The number of carbonyl (C=O) groups is 1. The average molecular weight is 761 g/mol. The normalized spacial score (nSPS) is 20.3. The third kappa shape index (κ3) is 20.3. The Balaban J connectivity index is 3.38. The number of ketones is 1. The van der Waals surface area contributed by atoms with Gasteiger partial charge in [-0.1, -0.05) is 20.8 Å². The minimum Gasteiger partial charge on any atom is -0.379 e. The van der Waals surface area contributed by atoms with Gasteiger partial charge in [-0.2, -0.15) is 0 Å². The number of ether oxygens (including phenoxy) is 9. The lowest BCUT2D eigenvalue weighted by Crippen LogP contribution is -2.52. The molecule has 0 bridgehead atoms. The van der Waals surface area contributed by atoms with Gasteiger partial charge >= 0.3 is 0 Å². The predicted octanol–water partition coefficient (Wildman–Crippen LogP) is 8.92. The van der Waals surface area contributed by atoms with Gasteiger partial charge in [0, 0.05) is 25.2 Å². The maximum Gasteiger partial charge on any atom is 0.169 e. The van der Waals surface area contributed by atoms with Crippen molar-refractivity contribution in [2.24, 2.45) is 5.41 Å². The molecule has 0 N–H and O–H groups in total. The number of hydrogen-bond donors (Lipinski definition) is 0. The molecule has 0 radical (unpaired) electrons. The first-order valence-electron chi connectivity index (χ1n) is 20.3. The molecule has 0 saturated carbocycles. The van der Waals surface area contributed by atoms with Crippen LogP contribution in [0.25, 0.3) is 0 Å². The standard InChI is InChI=1S/C43H84O10/c1-30(2)45-24-20-40(12,13)51-33-28-48-35(36(33)53-42(16,17)22-26-47-32(5)6)34(52-41(14,15)21-25-46-31(3)4)29-50-39(10,11)23-27-49-43(18,19)37(44)38(7,8)9/h30-36H,20-29H2,1-19H3. The molecule has 0 aromatic heterocycles. The minimum atomic E-state index is -0.902. The summed E-state index contributed by atoms with van der Waals surface area (Å²) in [7, 11) is 0. The number of rotatable bonds is 27. The largest absolute Gasteiger partial charge is 0.379 e. The molecule has 10 heteroatoms. The lowest BCUT2D eigenvalue weighted by Gasteiger charge is -2.40. The van der Waals surface area contributed by atoms with Gasteiger partial charge in [0.05, 0.1) is 60.5 Å². The van der Waals surface area contributed by atoms with Crippen molar-refractivity contribution in [2.75, 3.05) is 39.6 Å². The Morgan fingerprint density at radius 2 is 1.02 bits per heavy atom. The van der Waals surface area contributed by atoms with Crippen LogP contribution >= 0.6 is 0 Å². The van der Waals surface area contributed by atoms with Gasteiger partial charge in [0.15, 0.2) is 5.78 Å². The van der Waals surface area contributed by atoms with Crippen LogP contribution in [0.15, 0.2) is 0 Å². The van der Waals surface area contributed by atoms with Gasteiger partial charge in [-0.15, -0.1) is 0 Å². The highest BCUT2D eigenvalue weighted by Gasteiger charge is 2.49. The van der Waals surface area contributed by atoms with E-state index < -0.39 is 51.7 Å². The van der Waals surface area contributed by atoms with E-state index >= 15 is 0 Å². The van der Waals surface area contributed by atoms with Crippen molar-refractivity contribution >= 4 is 5.78 Å². The van der Waals surface area contributed by atoms with Crippen molar-refractivity contribution < 1.29 is 47.4 Å². The van der Waals surface area contributed by atoms with E-state index in [4.69, 9.17) is 42.6 Å². The van der Waals surface area contributed by atoms with Crippen LogP contribution in [0.1, 0.15) is 157 Å². The van der Waals surface area contributed by atoms with E-state index in [9.17, 15) is 4.79 Å². The van der Waals surface area contributed by atoms with Gasteiger partial charge in [-0.25, -0.2) is 0 Å². The molecule has 4 unspecified atom stereocenters. The van der Waals surface area contributed by atoms with Gasteiger partial charge < -0.3 is 42.6 Å². The van der Waals surface area contributed by atoms with Crippen molar-refractivity contribution in [3.63, 3.8) is 0 Å². The van der Waals surface area contributed by atoms with Gasteiger partial charge in [-0.05, 0) is 136 Å². The van der Waals surface area contributed by atoms with E-state index in [0.717, 1.165) is 6.42 Å². The number of carbonyl (C=O) groups excluding carboxylic acids is 1. The minimum absolute atomic E-state index is 0.0661. The summed E-state index contributed by atoms with van der Waals surface area (Å²) in [4.78, 5) is 13.0. The molecule has 0 aromatic carbocycles. The first-order chi connectivity index (χ1) is 24.0. The maximum absolute atomic E-state index is 13.0. The molecule has 0 spiro atoms. The molecule has 4 atom stereocenters. The predicted molar refractivity (Wildman–Crippen MR) is 213 cm³/mol. The Labute approximate surface area is 325 Å². The fourth-order valence-electron chi connectivity index (χ4n) is 6.25. The smallest absolute Gasteiger partial charge is 0.169 e. The summed E-state index contributed by atoms with van der Waals surface area (Å²) in [5.41, 5.74) is -3.53. The zero-order valence-corrected chi connectivity index (χ0v) is 37.7. The molecule has 1 aliphatic heterocycles. The van der Waals surface area contributed by atoms with Gasteiger partial charge in [0.2, 0.25) is 0 Å². The first-order valence-corrected chi connectivity index (χ1v) is 20.3. The highest BCUT2D eigenvalue weighted by molar-refractivity contribution is 5.90. The van der Waals surface area contributed by atoms with Crippen molar-refractivity contribution in [3.05, 3.63) is 0 Å². The van der Waals surface area contributed by atoms with E-state index in [1.807, 2.05) is 90.0 Å². The van der Waals surface area contributed by atoms with Crippen LogP contribution in [-0.2, 0) is 47.4 Å². The molecule has 1 aliphatic rings. The molecular formula is C43H84O10. The molecule has 53 heavy (non-hydrogen) atoms. The first kappa shape index (κ1) is 50.3. The molecule has 316 valence electrons. The molecule has 1 heterocycles. The monoisotopic (exact) mass is 761 g/mol. The SMILES string of the molecule is CC(C)OCCC(C)(C)OC(COC(C)(C)CCOC(C)(C)C(=O)C(C)(C)C)C1OCC(OC(C)(C)CCOC(C)C)C1OC(C)(C)CCOC(C)C. The zero-order chi connectivity index (χ0) is 41.1. The fraction of sp³-hybridized carbons (Fsp3) is 0.977.